The summed E-state index contributed by atoms with van der Waals surface area (Å²) in [4.78, 5) is 2.70. The number of hydrogen-bond acceptors (Lipinski definition) is 3. The number of benzene rings is 1. The van der Waals surface area contributed by atoms with Crippen LogP contribution in [0.4, 0.5) is 0 Å². The zero-order valence-electron chi connectivity index (χ0n) is 7.51. The molecule has 0 amide bonds. The molecular formula is C9H9N3O2. The maximum Gasteiger partial charge on any atom is 0.161 e. The highest BCUT2D eigenvalue weighted by molar-refractivity contribution is 5.43. The maximum absolute atomic E-state index is 8.17. The van der Waals surface area contributed by atoms with Gasteiger partial charge in [-0.25, -0.2) is 0 Å². The number of ether oxygens (including phenoxy) is 2. The lowest BCUT2D eigenvalue weighted by molar-refractivity contribution is 0.171. The van der Waals surface area contributed by atoms with E-state index in [1.807, 2.05) is 18.2 Å². The second kappa shape index (κ2) is 3.89. The Labute approximate surface area is 80.9 Å². The van der Waals surface area contributed by atoms with Crippen molar-refractivity contribution in [1.82, 2.24) is 0 Å². The molecule has 1 aliphatic heterocycles. The van der Waals surface area contributed by atoms with Gasteiger partial charge in [0.05, 0.1) is 6.54 Å². The third-order valence-corrected chi connectivity index (χ3v) is 1.92. The molecule has 72 valence electrons. The predicted molar refractivity (Wildman–Crippen MR) is 50.3 cm³/mol. The molecule has 5 heteroatoms. The number of rotatable bonds is 2. The van der Waals surface area contributed by atoms with Crippen LogP contribution in [0.5, 0.6) is 11.5 Å². The third-order valence-electron chi connectivity index (χ3n) is 1.92. The largest absolute Gasteiger partial charge is 0.486 e. The SMILES string of the molecule is [N-]=[N+]=NCc1ccc2c(c1)OCCO2. The summed E-state index contributed by atoms with van der Waals surface area (Å²) in [6, 6.07) is 5.53. The van der Waals surface area contributed by atoms with Crippen molar-refractivity contribution in [3.63, 3.8) is 0 Å². The van der Waals surface area contributed by atoms with Crippen LogP contribution in [-0.2, 0) is 6.54 Å². The highest BCUT2D eigenvalue weighted by atomic mass is 16.6. The Kier molecular flexibility index (Phi) is 2.42. The topological polar surface area (TPSA) is 67.2 Å². The van der Waals surface area contributed by atoms with Crippen LogP contribution in [0.15, 0.2) is 23.3 Å². The van der Waals surface area contributed by atoms with Crippen molar-refractivity contribution in [1.29, 1.82) is 0 Å². The van der Waals surface area contributed by atoms with Gasteiger partial charge in [-0.2, -0.15) is 0 Å². The first kappa shape index (κ1) is 8.72. The van der Waals surface area contributed by atoms with E-state index in [0.29, 0.717) is 19.8 Å². The summed E-state index contributed by atoms with van der Waals surface area (Å²) in [7, 11) is 0. The van der Waals surface area contributed by atoms with E-state index in [9.17, 15) is 0 Å². The van der Waals surface area contributed by atoms with Crippen molar-refractivity contribution in [2.24, 2.45) is 5.11 Å². The van der Waals surface area contributed by atoms with Gasteiger partial charge in [0.25, 0.3) is 0 Å². The van der Waals surface area contributed by atoms with Gasteiger partial charge in [0.2, 0.25) is 0 Å². The van der Waals surface area contributed by atoms with Crippen LogP contribution in [0.25, 0.3) is 10.4 Å². The van der Waals surface area contributed by atoms with Gasteiger partial charge in [0.1, 0.15) is 13.2 Å². The summed E-state index contributed by atoms with van der Waals surface area (Å²) in [6.07, 6.45) is 0. The zero-order chi connectivity index (χ0) is 9.80. The molecular weight excluding hydrogens is 182 g/mol. The van der Waals surface area contributed by atoms with E-state index in [1.165, 1.54) is 0 Å². The Morgan fingerprint density at radius 2 is 2.07 bits per heavy atom. The lowest BCUT2D eigenvalue weighted by Gasteiger charge is -2.18. The average molecular weight is 191 g/mol. The van der Waals surface area contributed by atoms with E-state index in [-0.39, 0.29) is 0 Å². The summed E-state index contributed by atoms with van der Waals surface area (Å²) >= 11 is 0. The molecule has 0 unspecified atom stereocenters. The molecule has 0 aromatic heterocycles. The average Bonchev–Trinajstić information content (AvgIpc) is 2.26. The van der Waals surface area contributed by atoms with Crippen LogP contribution in [0.2, 0.25) is 0 Å². The minimum Gasteiger partial charge on any atom is -0.486 e. The van der Waals surface area contributed by atoms with E-state index in [2.05, 4.69) is 10.0 Å². The van der Waals surface area contributed by atoms with Crippen molar-refractivity contribution < 1.29 is 9.47 Å². The van der Waals surface area contributed by atoms with Gasteiger partial charge in [-0.3, -0.25) is 0 Å². The minimum atomic E-state index is 0.340. The Bertz CT molecular complexity index is 386. The summed E-state index contributed by atoms with van der Waals surface area (Å²) in [5.74, 6) is 1.47. The second-order valence-electron chi connectivity index (χ2n) is 2.87. The first-order valence-corrected chi connectivity index (χ1v) is 4.29. The van der Waals surface area contributed by atoms with Gasteiger partial charge in [0.15, 0.2) is 11.5 Å². The third kappa shape index (κ3) is 1.72. The molecule has 1 aromatic rings. The number of nitrogens with zero attached hydrogens (tertiary/aromatic N) is 3. The van der Waals surface area contributed by atoms with Crippen molar-refractivity contribution in [3.05, 3.63) is 34.2 Å². The van der Waals surface area contributed by atoms with E-state index in [1.54, 1.807) is 0 Å². The van der Waals surface area contributed by atoms with Crippen molar-refractivity contribution in [3.8, 4) is 11.5 Å². The molecule has 1 heterocycles. The van der Waals surface area contributed by atoms with Crippen LogP contribution in [-0.4, -0.2) is 13.2 Å². The molecule has 0 spiro atoms. The van der Waals surface area contributed by atoms with Crippen molar-refractivity contribution in [2.75, 3.05) is 13.2 Å². The van der Waals surface area contributed by atoms with Gasteiger partial charge in [0, 0.05) is 4.91 Å². The van der Waals surface area contributed by atoms with Gasteiger partial charge in [-0.15, -0.1) is 0 Å². The van der Waals surface area contributed by atoms with Crippen LogP contribution < -0.4 is 9.47 Å². The molecule has 0 bridgehead atoms. The van der Waals surface area contributed by atoms with E-state index >= 15 is 0 Å². The Balaban J connectivity index is 2.24. The molecule has 14 heavy (non-hydrogen) atoms. The Morgan fingerprint density at radius 3 is 2.86 bits per heavy atom. The van der Waals surface area contributed by atoms with Crippen molar-refractivity contribution in [2.45, 2.75) is 6.54 Å². The van der Waals surface area contributed by atoms with Gasteiger partial charge >= 0.3 is 0 Å². The van der Waals surface area contributed by atoms with Crippen molar-refractivity contribution >= 4 is 0 Å². The quantitative estimate of drug-likeness (QED) is 0.408. The standard InChI is InChI=1S/C9H9N3O2/c10-12-11-6-7-1-2-8-9(5-7)14-4-3-13-8/h1-2,5H,3-4,6H2. The predicted octanol–water partition coefficient (Wildman–Crippen LogP) is 2.27. The fourth-order valence-corrected chi connectivity index (χ4v) is 1.30. The molecule has 0 fully saturated rings. The molecule has 0 saturated carbocycles. The van der Waals surface area contributed by atoms with Gasteiger partial charge < -0.3 is 9.47 Å². The van der Waals surface area contributed by atoms with E-state index < -0.39 is 0 Å². The van der Waals surface area contributed by atoms with Crippen LogP contribution in [0, 0.1) is 0 Å². The van der Waals surface area contributed by atoms with E-state index in [0.717, 1.165) is 17.1 Å². The van der Waals surface area contributed by atoms with Crippen LogP contribution in [0.3, 0.4) is 0 Å². The molecule has 1 aliphatic rings. The lowest BCUT2D eigenvalue weighted by Crippen LogP contribution is -2.15. The monoisotopic (exact) mass is 191 g/mol. The fraction of sp³-hybridized carbons (Fsp3) is 0.333. The molecule has 0 N–H and O–H groups in total. The normalized spacial score (nSPS) is 13.1. The minimum absolute atomic E-state index is 0.340. The maximum atomic E-state index is 8.17. The zero-order valence-corrected chi connectivity index (χ0v) is 7.51. The molecule has 0 aliphatic carbocycles. The summed E-state index contributed by atoms with van der Waals surface area (Å²) in [5, 5.41) is 3.48. The van der Waals surface area contributed by atoms with E-state index in [4.69, 9.17) is 15.0 Å². The summed E-state index contributed by atoms with van der Waals surface area (Å²) in [6.45, 7) is 1.49. The van der Waals surface area contributed by atoms with Gasteiger partial charge in [-0.05, 0) is 23.2 Å². The Hall–Kier alpha value is -1.87. The Morgan fingerprint density at radius 1 is 1.29 bits per heavy atom. The molecule has 5 nitrogen and oxygen atoms in total. The molecule has 0 radical (unpaired) electrons. The highest BCUT2D eigenvalue weighted by Crippen LogP contribution is 2.30. The molecule has 2 rings (SSSR count). The summed E-state index contributed by atoms with van der Waals surface area (Å²) in [5.41, 5.74) is 9.09. The molecule has 0 saturated heterocycles. The number of fused-ring (bicyclic) bond motifs is 1. The van der Waals surface area contributed by atoms with Crippen LogP contribution in [0.1, 0.15) is 5.56 Å². The fourth-order valence-electron chi connectivity index (χ4n) is 1.30. The first-order chi connectivity index (χ1) is 6.90. The lowest BCUT2D eigenvalue weighted by atomic mass is 10.2. The van der Waals surface area contributed by atoms with Gasteiger partial charge in [-0.1, -0.05) is 11.2 Å². The smallest absolute Gasteiger partial charge is 0.161 e. The van der Waals surface area contributed by atoms with Crippen LogP contribution >= 0.6 is 0 Å². The first-order valence-electron chi connectivity index (χ1n) is 4.29. The highest BCUT2D eigenvalue weighted by Gasteiger charge is 2.10. The molecule has 1 aromatic carbocycles. The number of hydrogen-bond donors (Lipinski definition) is 0. The number of azide groups is 1. The summed E-state index contributed by atoms with van der Waals surface area (Å²) < 4.78 is 10.7. The second-order valence-corrected chi connectivity index (χ2v) is 2.87. The molecule has 0 atom stereocenters.